The van der Waals surface area contributed by atoms with Crippen LogP contribution in [0, 0.1) is 5.92 Å². The van der Waals surface area contributed by atoms with Gasteiger partial charge in [0.05, 0.1) is 0 Å². The molecular formula is C21H37IN4S. The molecule has 0 saturated carbocycles. The maximum atomic E-state index is 4.50. The summed E-state index contributed by atoms with van der Waals surface area (Å²) >= 11 is 1.98. The largest absolute Gasteiger partial charge is 0.356 e. The molecule has 1 aliphatic heterocycles. The number of rotatable bonds is 10. The molecule has 0 aliphatic carbocycles. The van der Waals surface area contributed by atoms with Crippen molar-refractivity contribution in [2.75, 3.05) is 52.1 Å². The van der Waals surface area contributed by atoms with Crippen molar-refractivity contribution in [1.82, 2.24) is 15.1 Å². The number of nitrogens with one attached hydrogen (secondary N) is 1. The Labute approximate surface area is 187 Å². The van der Waals surface area contributed by atoms with Crippen LogP contribution in [-0.4, -0.2) is 67.8 Å². The average molecular weight is 505 g/mol. The third kappa shape index (κ3) is 9.05. The van der Waals surface area contributed by atoms with Crippen molar-refractivity contribution in [3.63, 3.8) is 0 Å². The van der Waals surface area contributed by atoms with Crippen LogP contribution in [0.4, 0.5) is 0 Å². The summed E-state index contributed by atoms with van der Waals surface area (Å²) in [6.45, 7) is 11.3. The molecule has 1 heterocycles. The summed E-state index contributed by atoms with van der Waals surface area (Å²) < 4.78 is 0. The van der Waals surface area contributed by atoms with Crippen molar-refractivity contribution >= 4 is 41.7 Å². The van der Waals surface area contributed by atoms with Crippen LogP contribution in [0.25, 0.3) is 0 Å². The normalized spacial score (nSPS) is 17.3. The Hall–Kier alpha value is -0.470. The average Bonchev–Trinajstić information content (AvgIpc) is 3.16. The number of thioether (sulfide) groups is 1. The summed E-state index contributed by atoms with van der Waals surface area (Å²) in [5.74, 6) is 3.03. The molecule has 0 radical (unpaired) electrons. The Morgan fingerprint density at radius 1 is 1.22 bits per heavy atom. The lowest BCUT2D eigenvalue weighted by atomic mass is 10.2. The summed E-state index contributed by atoms with van der Waals surface area (Å²) in [4.78, 5) is 10.8. The molecule has 0 spiro atoms. The summed E-state index contributed by atoms with van der Waals surface area (Å²) in [5, 5.41) is 3.57. The summed E-state index contributed by atoms with van der Waals surface area (Å²) in [6.07, 6.45) is 3.72. The summed E-state index contributed by atoms with van der Waals surface area (Å²) in [6, 6.07) is 10.7. The number of guanidine groups is 1. The van der Waals surface area contributed by atoms with Gasteiger partial charge in [-0.1, -0.05) is 32.0 Å². The molecule has 1 fully saturated rings. The number of hydrogen-bond acceptors (Lipinski definition) is 3. The van der Waals surface area contributed by atoms with E-state index >= 15 is 0 Å². The zero-order chi connectivity index (χ0) is 18.6. The van der Waals surface area contributed by atoms with Crippen molar-refractivity contribution in [3.8, 4) is 0 Å². The van der Waals surface area contributed by atoms with Crippen LogP contribution >= 0.6 is 35.7 Å². The Bertz CT molecular complexity index is 522. The number of unbranched alkanes of at least 4 members (excludes halogenated alkanes) is 1. The van der Waals surface area contributed by atoms with Gasteiger partial charge in [0.2, 0.25) is 0 Å². The van der Waals surface area contributed by atoms with E-state index in [1.165, 1.54) is 36.5 Å². The first-order valence-corrected chi connectivity index (χ1v) is 11.1. The first-order valence-electron chi connectivity index (χ1n) is 10.1. The third-order valence-corrected chi connectivity index (χ3v) is 6.35. The quantitative estimate of drug-likeness (QED) is 0.168. The van der Waals surface area contributed by atoms with E-state index in [2.05, 4.69) is 64.3 Å². The summed E-state index contributed by atoms with van der Waals surface area (Å²) in [7, 11) is 1.91. The molecule has 1 aromatic rings. The second-order valence-electron chi connectivity index (χ2n) is 6.93. The first kappa shape index (κ1) is 24.6. The van der Waals surface area contributed by atoms with Crippen molar-refractivity contribution in [2.45, 2.75) is 38.0 Å². The van der Waals surface area contributed by atoms with Gasteiger partial charge >= 0.3 is 0 Å². The summed E-state index contributed by atoms with van der Waals surface area (Å²) in [5.41, 5.74) is 0. The van der Waals surface area contributed by atoms with Gasteiger partial charge in [0, 0.05) is 37.3 Å². The number of likely N-dealkylation sites (tertiary alicyclic amines) is 1. The molecular weight excluding hydrogens is 467 g/mol. The Morgan fingerprint density at radius 3 is 2.63 bits per heavy atom. The van der Waals surface area contributed by atoms with Crippen molar-refractivity contribution in [2.24, 2.45) is 10.9 Å². The molecule has 0 aromatic heterocycles. The fourth-order valence-electron chi connectivity index (χ4n) is 3.42. The number of hydrogen-bond donors (Lipinski definition) is 1. The molecule has 1 unspecified atom stereocenters. The van der Waals surface area contributed by atoms with Crippen LogP contribution in [0.15, 0.2) is 40.2 Å². The maximum absolute atomic E-state index is 4.50. The molecule has 1 N–H and O–H groups in total. The van der Waals surface area contributed by atoms with Gasteiger partial charge < -0.3 is 15.1 Å². The zero-order valence-corrected chi connectivity index (χ0v) is 20.3. The molecule has 6 heteroatoms. The lowest BCUT2D eigenvalue weighted by Gasteiger charge is -2.22. The predicted molar refractivity (Wildman–Crippen MR) is 131 cm³/mol. The number of nitrogens with zero attached hydrogens (tertiary/aromatic N) is 3. The molecule has 1 aromatic carbocycles. The lowest BCUT2D eigenvalue weighted by molar-refractivity contribution is 0.297. The Morgan fingerprint density at radius 2 is 1.96 bits per heavy atom. The van der Waals surface area contributed by atoms with Crippen LogP contribution in [-0.2, 0) is 0 Å². The van der Waals surface area contributed by atoms with Gasteiger partial charge in [0.25, 0.3) is 0 Å². The predicted octanol–water partition coefficient (Wildman–Crippen LogP) is 4.42. The Kier molecular flexibility index (Phi) is 13.2. The van der Waals surface area contributed by atoms with Crippen LogP contribution in [0.3, 0.4) is 0 Å². The SMILES string of the molecule is CCN(CC)CCCCNC(=NC)N1CCC(CSc2ccccc2)C1.I. The van der Waals surface area contributed by atoms with Crippen LogP contribution in [0.5, 0.6) is 0 Å². The van der Waals surface area contributed by atoms with Crippen LogP contribution in [0.2, 0.25) is 0 Å². The van der Waals surface area contributed by atoms with E-state index in [0.717, 1.165) is 44.6 Å². The minimum Gasteiger partial charge on any atom is -0.356 e. The van der Waals surface area contributed by atoms with E-state index in [9.17, 15) is 0 Å². The van der Waals surface area contributed by atoms with Gasteiger partial charge in [-0.3, -0.25) is 4.99 Å². The minimum absolute atomic E-state index is 0. The van der Waals surface area contributed by atoms with Gasteiger partial charge in [-0.05, 0) is 56.9 Å². The lowest BCUT2D eigenvalue weighted by Crippen LogP contribution is -2.40. The molecule has 4 nitrogen and oxygen atoms in total. The topological polar surface area (TPSA) is 30.9 Å². The van der Waals surface area contributed by atoms with E-state index < -0.39 is 0 Å². The maximum Gasteiger partial charge on any atom is 0.193 e. The van der Waals surface area contributed by atoms with Crippen molar-refractivity contribution < 1.29 is 0 Å². The fraction of sp³-hybridized carbons (Fsp3) is 0.667. The zero-order valence-electron chi connectivity index (χ0n) is 17.2. The highest BCUT2D eigenvalue weighted by atomic mass is 127. The van der Waals surface area contributed by atoms with Gasteiger partial charge in [0.15, 0.2) is 5.96 Å². The number of benzene rings is 1. The highest BCUT2D eigenvalue weighted by Crippen LogP contribution is 2.25. The van der Waals surface area contributed by atoms with Gasteiger partial charge in [-0.2, -0.15) is 0 Å². The number of aliphatic imine (C=N–C) groups is 1. The van der Waals surface area contributed by atoms with Crippen molar-refractivity contribution in [1.29, 1.82) is 0 Å². The van der Waals surface area contributed by atoms with Crippen LogP contribution < -0.4 is 5.32 Å². The van der Waals surface area contributed by atoms with E-state index in [0.29, 0.717) is 0 Å². The van der Waals surface area contributed by atoms with E-state index in [4.69, 9.17) is 0 Å². The standard InChI is InChI=1S/C21H36N4S.HI/c1-4-24(5-2)15-10-9-14-23-21(22-3)25-16-13-19(17-25)18-26-20-11-7-6-8-12-20;/h6-8,11-12,19H,4-5,9-10,13-18H2,1-3H3,(H,22,23);1H. The molecule has 154 valence electrons. The second kappa shape index (κ2) is 14.5. The smallest absolute Gasteiger partial charge is 0.193 e. The van der Waals surface area contributed by atoms with E-state index in [1.54, 1.807) is 0 Å². The minimum atomic E-state index is 0. The second-order valence-corrected chi connectivity index (χ2v) is 8.03. The van der Waals surface area contributed by atoms with E-state index in [-0.39, 0.29) is 24.0 Å². The monoisotopic (exact) mass is 504 g/mol. The highest BCUT2D eigenvalue weighted by Gasteiger charge is 2.24. The molecule has 1 aliphatic rings. The van der Waals surface area contributed by atoms with E-state index in [1.807, 2.05) is 18.8 Å². The van der Waals surface area contributed by atoms with Gasteiger partial charge in [0.1, 0.15) is 0 Å². The highest BCUT2D eigenvalue weighted by molar-refractivity contribution is 14.0. The molecule has 27 heavy (non-hydrogen) atoms. The first-order chi connectivity index (χ1) is 12.8. The third-order valence-electron chi connectivity index (χ3n) is 5.10. The molecule has 2 rings (SSSR count). The van der Waals surface area contributed by atoms with Gasteiger partial charge in [-0.15, -0.1) is 35.7 Å². The number of halogens is 1. The van der Waals surface area contributed by atoms with Crippen LogP contribution in [0.1, 0.15) is 33.1 Å². The fourth-order valence-corrected chi connectivity index (χ4v) is 4.47. The Balaban J connectivity index is 0.00000364. The molecule has 1 atom stereocenters. The van der Waals surface area contributed by atoms with Gasteiger partial charge in [-0.25, -0.2) is 0 Å². The molecule has 1 saturated heterocycles. The van der Waals surface area contributed by atoms with Crippen molar-refractivity contribution in [3.05, 3.63) is 30.3 Å². The molecule has 0 bridgehead atoms. The molecule has 0 amide bonds.